The van der Waals surface area contributed by atoms with E-state index in [0.29, 0.717) is 38.5 Å². The average Bonchev–Trinajstić information content (AvgIpc) is 3.29. The molecule has 0 saturated carbocycles. The van der Waals surface area contributed by atoms with E-state index in [4.69, 9.17) is 14.2 Å². The molecule has 0 spiro atoms. The molecule has 0 atom stereocenters. The van der Waals surface area contributed by atoms with Crippen LogP contribution in [0.25, 0.3) is 11.1 Å². The van der Waals surface area contributed by atoms with Crippen LogP contribution in [0, 0.1) is 13.8 Å². The van der Waals surface area contributed by atoms with Gasteiger partial charge in [-0.3, -0.25) is 14.4 Å². The summed E-state index contributed by atoms with van der Waals surface area (Å²) in [6, 6.07) is 45.8. The number of hydrogen-bond donors (Lipinski definition) is 0. The quantitative estimate of drug-likeness (QED) is 0.0476. The normalized spacial score (nSPS) is 10.8. The first-order valence-electron chi connectivity index (χ1n) is 20.4. The van der Waals surface area contributed by atoms with Crippen molar-refractivity contribution in [3.63, 3.8) is 0 Å². The molecule has 0 heterocycles. The fourth-order valence-corrected chi connectivity index (χ4v) is 7.38. The number of aryl methyl sites for hydroxylation is 5. The number of carbonyl (C=O) groups is 4. The summed E-state index contributed by atoms with van der Waals surface area (Å²) in [6.45, 7) is 4.08. The summed E-state index contributed by atoms with van der Waals surface area (Å²) < 4.78 is 14.6. The van der Waals surface area contributed by atoms with Crippen LogP contribution in [0.3, 0.4) is 0 Å². The Hall–Kier alpha value is -7.00. The van der Waals surface area contributed by atoms with E-state index in [0.717, 1.165) is 84.9 Å². The molecule has 61 heavy (non-hydrogen) atoms. The molecule has 0 unspecified atom stereocenters. The first-order valence-corrected chi connectivity index (χ1v) is 20.4. The zero-order valence-corrected chi connectivity index (χ0v) is 35.5. The Balaban J connectivity index is 1.30. The van der Waals surface area contributed by atoms with Crippen molar-refractivity contribution in [3.05, 3.63) is 167 Å². The number of hydrogen-bond acceptors (Lipinski definition) is 9. The molecule has 0 aliphatic carbocycles. The van der Waals surface area contributed by atoms with Crippen LogP contribution in [0.15, 0.2) is 133 Å². The summed E-state index contributed by atoms with van der Waals surface area (Å²) >= 11 is 0. The second-order valence-electron chi connectivity index (χ2n) is 14.9. The van der Waals surface area contributed by atoms with Gasteiger partial charge in [-0.05, 0) is 150 Å². The fraction of sp³-hybridized carbons (Fsp3) is 0.231. The Morgan fingerprint density at radius 2 is 0.820 bits per heavy atom. The lowest BCUT2D eigenvalue weighted by molar-refractivity contribution is -0.141. The summed E-state index contributed by atoms with van der Waals surface area (Å²) in [5.74, 6) is -0.764. The number of methoxy groups -OCH3 is 3. The third-order valence-electron chi connectivity index (χ3n) is 10.9. The lowest BCUT2D eigenvalue weighted by Crippen LogP contribution is -2.12. The average molecular weight is 817 g/mol. The van der Waals surface area contributed by atoms with Gasteiger partial charge in [-0.15, -0.1) is 0 Å². The van der Waals surface area contributed by atoms with E-state index >= 15 is 0 Å². The molecule has 0 amide bonds. The molecule has 9 nitrogen and oxygen atoms in total. The minimum absolute atomic E-state index is 0.196. The number of carbonyl (C=O) groups excluding carboxylic acids is 4. The standard InChI is InChI=1S/C52H52N2O7/c1-36-33-48(28-14-40(36)7-6-32-55)53(44-20-8-38(9-21-44)12-30-50(56)59-3)46-24-15-41(16-25-46)42-17-26-47(27-18-42)54(45-22-10-39(11-23-45)13-31-51(57)60-4)49-29-19-43(37(2)34-49)35-52(58)61-5/h8-11,14-29,32-34H,6-7,12-13,30-31,35H2,1-5H3. The smallest absolute Gasteiger partial charge is 0.309 e. The van der Waals surface area contributed by atoms with Crippen molar-refractivity contribution >= 4 is 58.3 Å². The maximum Gasteiger partial charge on any atom is 0.309 e. The second-order valence-corrected chi connectivity index (χ2v) is 14.9. The van der Waals surface area contributed by atoms with Gasteiger partial charge in [-0.1, -0.05) is 60.7 Å². The number of aldehydes is 1. The molecule has 0 N–H and O–H groups in total. The zero-order chi connectivity index (χ0) is 43.3. The molecule has 0 aromatic heterocycles. The molecule has 6 aromatic carbocycles. The van der Waals surface area contributed by atoms with Gasteiger partial charge >= 0.3 is 17.9 Å². The Morgan fingerprint density at radius 3 is 1.18 bits per heavy atom. The molecule has 312 valence electrons. The summed E-state index contributed by atoms with van der Waals surface area (Å²) in [5, 5.41) is 0. The highest BCUT2D eigenvalue weighted by Gasteiger charge is 2.18. The Kier molecular flexibility index (Phi) is 14.9. The van der Waals surface area contributed by atoms with Gasteiger partial charge in [0.2, 0.25) is 0 Å². The van der Waals surface area contributed by atoms with Gasteiger partial charge in [0.15, 0.2) is 0 Å². The lowest BCUT2D eigenvalue weighted by Gasteiger charge is -2.27. The summed E-state index contributed by atoms with van der Waals surface area (Å²) in [5.41, 5.74) is 14.1. The number of benzene rings is 6. The second kappa shape index (κ2) is 20.8. The highest BCUT2D eigenvalue weighted by molar-refractivity contribution is 5.82. The van der Waals surface area contributed by atoms with Gasteiger partial charge in [-0.25, -0.2) is 0 Å². The Morgan fingerprint density at radius 1 is 0.459 bits per heavy atom. The first kappa shape index (κ1) is 43.6. The summed E-state index contributed by atoms with van der Waals surface area (Å²) in [4.78, 5) is 51.2. The molecule has 0 saturated heterocycles. The van der Waals surface area contributed by atoms with Crippen LogP contribution in [0.2, 0.25) is 0 Å². The van der Waals surface area contributed by atoms with Crippen molar-refractivity contribution in [1.82, 2.24) is 0 Å². The highest BCUT2D eigenvalue weighted by Crippen LogP contribution is 2.39. The maximum absolute atomic E-state index is 12.1. The van der Waals surface area contributed by atoms with Gasteiger partial charge in [-0.2, -0.15) is 0 Å². The van der Waals surface area contributed by atoms with Crippen molar-refractivity contribution in [1.29, 1.82) is 0 Å². The van der Waals surface area contributed by atoms with Gasteiger partial charge in [0.05, 0.1) is 27.8 Å². The predicted octanol–water partition coefficient (Wildman–Crippen LogP) is 11.0. The van der Waals surface area contributed by atoms with Gasteiger partial charge in [0, 0.05) is 53.4 Å². The number of ether oxygens (including phenoxy) is 3. The van der Waals surface area contributed by atoms with Crippen LogP contribution in [0.4, 0.5) is 34.1 Å². The van der Waals surface area contributed by atoms with Gasteiger partial charge in [0.1, 0.15) is 6.29 Å². The maximum atomic E-state index is 12.1. The summed E-state index contributed by atoms with van der Waals surface area (Å²) in [6.07, 6.45) is 4.14. The van der Waals surface area contributed by atoms with Crippen molar-refractivity contribution in [2.75, 3.05) is 31.1 Å². The first-order chi connectivity index (χ1) is 29.6. The van der Waals surface area contributed by atoms with E-state index in [1.807, 2.05) is 43.3 Å². The minimum Gasteiger partial charge on any atom is -0.469 e. The molecule has 9 heteroatoms. The molecule has 0 aliphatic rings. The van der Waals surface area contributed by atoms with E-state index in [9.17, 15) is 19.2 Å². The SMILES string of the molecule is COC(=O)CCc1ccc(N(c2ccc(-c3ccc(N(c4ccc(CCC(=O)OC)cc4)c4ccc(CC(=O)OC)c(C)c4)cc3)cc2)c2ccc(CCC=O)c(C)c2)cc1. The van der Waals surface area contributed by atoms with E-state index in [2.05, 4.69) is 114 Å². The number of anilines is 6. The Labute approximate surface area is 358 Å². The van der Waals surface area contributed by atoms with E-state index < -0.39 is 0 Å². The number of esters is 3. The van der Waals surface area contributed by atoms with Gasteiger partial charge < -0.3 is 28.8 Å². The van der Waals surface area contributed by atoms with Crippen LogP contribution >= 0.6 is 0 Å². The lowest BCUT2D eigenvalue weighted by atomic mass is 10.0. The molecule has 0 fully saturated rings. The topological polar surface area (TPSA) is 102 Å². The molecule has 0 aliphatic heterocycles. The molecule has 6 rings (SSSR count). The molecular formula is C52H52N2O7. The fourth-order valence-electron chi connectivity index (χ4n) is 7.38. The number of nitrogens with zero attached hydrogens (tertiary/aromatic N) is 2. The largest absolute Gasteiger partial charge is 0.469 e. The van der Waals surface area contributed by atoms with Crippen molar-refractivity contribution < 1.29 is 33.4 Å². The van der Waals surface area contributed by atoms with E-state index in [-0.39, 0.29) is 24.3 Å². The van der Waals surface area contributed by atoms with Crippen molar-refractivity contribution in [3.8, 4) is 11.1 Å². The number of rotatable bonds is 18. The van der Waals surface area contributed by atoms with E-state index in [1.54, 1.807) is 0 Å². The van der Waals surface area contributed by atoms with Crippen LogP contribution in [0.5, 0.6) is 0 Å². The Bertz CT molecular complexity index is 2440. The van der Waals surface area contributed by atoms with Gasteiger partial charge in [0.25, 0.3) is 0 Å². The molecule has 6 aromatic rings. The third-order valence-corrected chi connectivity index (χ3v) is 10.9. The predicted molar refractivity (Wildman–Crippen MR) is 241 cm³/mol. The summed E-state index contributed by atoms with van der Waals surface area (Å²) in [7, 11) is 4.20. The molecule has 0 bridgehead atoms. The highest BCUT2D eigenvalue weighted by atomic mass is 16.5. The third kappa shape index (κ3) is 11.2. The van der Waals surface area contributed by atoms with Crippen LogP contribution < -0.4 is 9.80 Å². The minimum atomic E-state index is -0.287. The van der Waals surface area contributed by atoms with Crippen LogP contribution in [0.1, 0.15) is 52.6 Å². The molecular weight excluding hydrogens is 765 g/mol. The monoisotopic (exact) mass is 816 g/mol. The van der Waals surface area contributed by atoms with Crippen LogP contribution in [-0.2, 0) is 59.1 Å². The molecule has 0 radical (unpaired) electrons. The van der Waals surface area contributed by atoms with Crippen molar-refractivity contribution in [2.24, 2.45) is 0 Å². The van der Waals surface area contributed by atoms with Crippen molar-refractivity contribution in [2.45, 2.75) is 58.8 Å². The van der Waals surface area contributed by atoms with E-state index in [1.165, 1.54) is 21.3 Å². The van der Waals surface area contributed by atoms with Crippen LogP contribution in [-0.4, -0.2) is 45.5 Å². The zero-order valence-electron chi connectivity index (χ0n) is 35.5.